The first-order valence-corrected chi connectivity index (χ1v) is 11.4. The van der Waals surface area contributed by atoms with E-state index in [0.717, 1.165) is 72.6 Å². The summed E-state index contributed by atoms with van der Waals surface area (Å²) >= 11 is 1.67. The van der Waals surface area contributed by atoms with Gasteiger partial charge in [0.25, 0.3) is 0 Å². The van der Waals surface area contributed by atoms with Gasteiger partial charge in [-0.2, -0.15) is 0 Å². The number of hydrogen-bond acceptors (Lipinski definition) is 6. The molecular weight excluding hydrogens is 410 g/mol. The summed E-state index contributed by atoms with van der Waals surface area (Å²) in [6, 6.07) is 14.3. The van der Waals surface area contributed by atoms with Gasteiger partial charge in [0.2, 0.25) is 0 Å². The van der Waals surface area contributed by atoms with E-state index in [9.17, 15) is 0 Å². The number of ether oxygens (including phenoxy) is 3. The summed E-state index contributed by atoms with van der Waals surface area (Å²) in [4.78, 5) is 8.45. The quantitative estimate of drug-likeness (QED) is 0.556. The maximum atomic E-state index is 5.54. The van der Waals surface area contributed by atoms with E-state index >= 15 is 0 Å². The van der Waals surface area contributed by atoms with Gasteiger partial charge in [-0.15, -0.1) is 11.3 Å². The Balaban J connectivity index is 1.74. The average Bonchev–Trinajstić information content (AvgIpc) is 3.21. The molecular formula is C24H29N3O3S. The third-order valence-electron chi connectivity index (χ3n) is 5.55. The van der Waals surface area contributed by atoms with Gasteiger partial charge in [0.05, 0.1) is 38.8 Å². The largest absolute Gasteiger partial charge is 0.493 e. The van der Waals surface area contributed by atoms with Crippen LogP contribution in [-0.2, 0) is 11.3 Å². The van der Waals surface area contributed by atoms with Crippen molar-refractivity contribution in [1.29, 1.82) is 0 Å². The minimum Gasteiger partial charge on any atom is -0.493 e. The Bertz CT molecular complexity index is 1080. The molecule has 0 N–H and O–H groups in total. The van der Waals surface area contributed by atoms with Crippen molar-refractivity contribution in [3.63, 3.8) is 0 Å². The number of methoxy groups -OCH3 is 2. The van der Waals surface area contributed by atoms with Gasteiger partial charge in [0.1, 0.15) is 0 Å². The number of para-hydroxylation sites is 1. The van der Waals surface area contributed by atoms with Gasteiger partial charge in [-0.3, -0.25) is 4.90 Å². The monoisotopic (exact) mass is 439 g/mol. The Morgan fingerprint density at radius 1 is 1.00 bits per heavy atom. The van der Waals surface area contributed by atoms with Crippen LogP contribution in [0.3, 0.4) is 0 Å². The Kier molecular flexibility index (Phi) is 7.06. The van der Waals surface area contributed by atoms with Crippen molar-refractivity contribution in [2.75, 3.05) is 47.1 Å². The average molecular weight is 440 g/mol. The minimum absolute atomic E-state index is 0.725. The smallest absolute Gasteiger partial charge is 0.190 e. The molecule has 1 saturated heterocycles. The van der Waals surface area contributed by atoms with E-state index in [2.05, 4.69) is 40.0 Å². The molecule has 0 radical (unpaired) electrons. The molecule has 0 bridgehead atoms. The van der Waals surface area contributed by atoms with E-state index < -0.39 is 0 Å². The lowest BCUT2D eigenvalue weighted by molar-refractivity contribution is 0.0363. The minimum atomic E-state index is 0.725. The molecule has 0 saturated carbocycles. The topological polar surface area (TPSA) is 48.2 Å². The van der Waals surface area contributed by atoms with E-state index in [4.69, 9.17) is 19.2 Å². The molecule has 0 spiro atoms. The fraction of sp³-hybridized carbons (Fsp3) is 0.375. The second kappa shape index (κ2) is 10.1. The third-order valence-corrected chi connectivity index (χ3v) is 6.42. The van der Waals surface area contributed by atoms with Crippen LogP contribution >= 0.6 is 11.3 Å². The number of hydrogen-bond donors (Lipinski definition) is 0. The van der Waals surface area contributed by atoms with Crippen molar-refractivity contribution < 1.29 is 14.2 Å². The fourth-order valence-corrected chi connectivity index (χ4v) is 4.67. The van der Waals surface area contributed by atoms with Crippen LogP contribution in [0.1, 0.15) is 5.56 Å². The molecule has 3 aromatic rings. The van der Waals surface area contributed by atoms with Gasteiger partial charge >= 0.3 is 0 Å². The maximum absolute atomic E-state index is 5.54. The van der Waals surface area contributed by atoms with Crippen molar-refractivity contribution in [3.8, 4) is 22.8 Å². The molecule has 1 aliphatic heterocycles. The zero-order valence-electron chi connectivity index (χ0n) is 18.3. The first-order chi connectivity index (χ1) is 15.2. The van der Waals surface area contributed by atoms with E-state index in [0.29, 0.717) is 0 Å². The summed E-state index contributed by atoms with van der Waals surface area (Å²) in [7, 11) is 3.32. The van der Waals surface area contributed by atoms with Crippen LogP contribution in [0.5, 0.6) is 11.5 Å². The van der Waals surface area contributed by atoms with E-state index in [-0.39, 0.29) is 0 Å². The zero-order valence-corrected chi connectivity index (χ0v) is 19.2. The summed E-state index contributed by atoms with van der Waals surface area (Å²) in [5, 5.41) is 2.18. The van der Waals surface area contributed by atoms with Crippen LogP contribution in [0, 0.1) is 6.92 Å². The van der Waals surface area contributed by atoms with E-state index in [1.165, 1.54) is 5.56 Å². The zero-order chi connectivity index (χ0) is 21.6. The molecule has 1 aromatic heterocycles. The maximum Gasteiger partial charge on any atom is 0.190 e. The number of nitrogens with zero attached hydrogens (tertiary/aromatic N) is 3. The number of thiazole rings is 1. The van der Waals surface area contributed by atoms with Crippen molar-refractivity contribution >= 4 is 17.0 Å². The van der Waals surface area contributed by atoms with Crippen LogP contribution in [0.15, 0.2) is 52.8 Å². The highest BCUT2D eigenvalue weighted by Gasteiger charge is 2.15. The van der Waals surface area contributed by atoms with Crippen molar-refractivity contribution in [2.45, 2.75) is 13.5 Å². The highest BCUT2D eigenvalue weighted by molar-refractivity contribution is 7.07. The highest BCUT2D eigenvalue weighted by atomic mass is 32.1. The molecule has 2 heterocycles. The Labute approximate surface area is 187 Å². The number of aryl methyl sites for hydroxylation is 1. The summed E-state index contributed by atoms with van der Waals surface area (Å²) in [5.41, 5.74) is 4.39. The second-order valence-electron chi connectivity index (χ2n) is 7.48. The van der Waals surface area contributed by atoms with Gasteiger partial charge in [-0.25, -0.2) is 4.99 Å². The number of aromatic nitrogens is 1. The SMILES string of the molecule is COc1ccc(-c2csc(=Nc3ccccc3C)n2CCN2CCOCC2)cc1OC. The Morgan fingerprint density at radius 2 is 1.77 bits per heavy atom. The summed E-state index contributed by atoms with van der Waals surface area (Å²) in [6.07, 6.45) is 0. The van der Waals surface area contributed by atoms with Gasteiger partial charge in [0, 0.05) is 37.1 Å². The van der Waals surface area contributed by atoms with Gasteiger partial charge in [0.15, 0.2) is 16.3 Å². The fourth-order valence-electron chi connectivity index (χ4n) is 3.72. The summed E-state index contributed by atoms with van der Waals surface area (Å²) < 4.78 is 18.8. The summed E-state index contributed by atoms with van der Waals surface area (Å²) in [5.74, 6) is 1.45. The predicted molar refractivity (Wildman–Crippen MR) is 125 cm³/mol. The third kappa shape index (κ3) is 5.01. The normalized spacial score (nSPS) is 15.3. The Morgan fingerprint density at radius 3 is 2.52 bits per heavy atom. The standard InChI is InChI=1S/C24H29N3O3S/c1-18-6-4-5-7-20(18)25-24-27(11-10-26-12-14-30-15-13-26)21(17-31-24)19-8-9-22(28-2)23(16-19)29-3/h4-9,16-17H,10-15H2,1-3H3. The molecule has 0 atom stereocenters. The molecule has 164 valence electrons. The van der Waals surface area contributed by atoms with Gasteiger partial charge in [-0.05, 0) is 36.8 Å². The lowest BCUT2D eigenvalue weighted by Gasteiger charge is -2.27. The molecule has 4 rings (SSSR count). The molecule has 31 heavy (non-hydrogen) atoms. The first-order valence-electron chi connectivity index (χ1n) is 10.5. The lowest BCUT2D eigenvalue weighted by atomic mass is 10.1. The summed E-state index contributed by atoms with van der Waals surface area (Å²) in [6.45, 7) is 7.47. The lowest BCUT2D eigenvalue weighted by Crippen LogP contribution is -2.39. The molecule has 2 aromatic carbocycles. The van der Waals surface area contributed by atoms with Crippen LogP contribution in [0.25, 0.3) is 11.3 Å². The predicted octanol–water partition coefficient (Wildman–Crippen LogP) is 4.11. The highest BCUT2D eigenvalue weighted by Crippen LogP contribution is 2.32. The van der Waals surface area contributed by atoms with Crippen LogP contribution in [-0.4, -0.2) is 56.5 Å². The molecule has 6 nitrogen and oxygen atoms in total. The molecule has 0 amide bonds. The van der Waals surface area contributed by atoms with Crippen molar-refractivity contribution in [2.24, 2.45) is 4.99 Å². The van der Waals surface area contributed by atoms with Crippen LogP contribution in [0.2, 0.25) is 0 Å². The molecule has 7 heteroatoms. The molecule has 0 unspecified atom stereocenters. The van der Waals surface area contributed by atoms with Gasteiger partial charge in [-0.1, -0.05) is 18.2 Å². The van der Waals surface area contributed by atoms with E-state index in [1.54, 1.807) is 25.6 Å². The molecule has 1 aliphatic rings. The Hall–Kier alpha value is -2.61. The number of benzene rings is 2. The van der Waals surface area contributed by atoms with Gasteiger partial charge < -0.3 is 18.8 Å². The van der Waals surface area contributed by atoms with Crippen LogP contribution in [0.4, 0.5) is 5.69 Å². The molecule has 1 fully saturated rings. The van der Waals surface area contributed by atoms with E-state index in [1.807, 2.05) is 24.3 Å². The van der Waals surface area contributed by atoms with Crippen molar-refractivity contribution in [1.82, 2.24) is 9.47 Å². The first kappa shape index (κ1) is 21.6. The van der Waals surface area contributed by atoms with Crippen LogP contribution < -0.4 is 14.3 Å². The second-order valence-corrected chi connectivity index (χ2v) is 8.31. The van der Waals surface area contributed by atoms with Crippen molar-refractivity contribution in [3.05, 3.63) is 58.2 Å². The molecule has 0 aliphatic carbocycles. The number of morpholine rings is 1. The number of rotatable bonds is 7.